The third-order valence-electron chi connectivity index (χ3n) is 4.54. The number of methoxy groups -OCH3 is 2. The van der Waals surface area contributed by atoms with Gasteiger partial charge in [-0.2, -0.15) is 0 Å². The van der Waals surface area contributed by atoms with Gasteiger partial charge < -0.3 is 14.2 Å². The zero-order valence-corrected chi connectivity index (χ0v) is 14.2. The van der Waals surface area contributed by atoms with E-state index in [2.05, 4.69) is 6.08 Å². The van der Waals surface area contributed by atoms with Crippen molar-refractivity contribution in [2.24, 2.45) is 0 Å². The van der Waals surface area contributed by atoms with Crippen LogP contribution in [0.5, 0.6) is 17.2 Å². The number of benzene rings is 2. The molecule has 2 aromatic carbocycles. The smallest absolute Gasteiger partial charge is 0.189 e. The number of hydrogen-bond donors (Lipinski definition) is 0. The number of hydrogen-bond acceptors (Lipinski definition) is 4. The number of allylic oxidation sites excluding steroid dienone is 1. The molecular weight excluding hydrogens is 316 g/mol. The van der Waals surface area contributed by atoms with Crippen LogP contribution in [-0.2, 0) is 6.42 Å². The van der Waals surface area contributed by atoms with Gasteiger partial charge in [0.25, 0.3) is 0 Å². The summed E-state index contributed by atoms with van der Waals surface area (Å²) >= 11 is 0. The maximum absolute atomic E-state index is 12.8. The molecule has 0 saturated heterocycles. The van der Waals surface area contributed by atoms with Crippen molar-refractivity contribution in [3.63, 3.8) is 0 Å². The minimum atomic E-state index is 0.0377. The minimum absolute atomic E-state index is 0.0377. The SMILES string of the molecule is COc1cc2c(cc1OC)C(=O)C(=CC1=Cc3ccccc3OC1)C2. The lowest BCUT2D eigenvalue weighted by molar-refractivity contribution is 0.103. The zero-order chi connectivity index (χ0) is 17.4. The fourth-order valence-electron chi connectivity index (χ4n) is 3.29. The van der Waals surface area contributed by atoms with Crippen LogP contribution in [0.1, 0.15) is 21.5 Å². The fraction of sp³-hybridized carbons (Fsp3) is 0.190. The lowest BCUT2D eigenvalue weighted by Crippen LogP contribution is -2.07. The first kappa shape index (κ1) is 15.5. The zero-order valence-electron chi connectivity index (χ0n) is 14.2. The van der Waals surface area contributed by atoms with Crippen LogP contribution in [0.4, 0.5) is 0 Å². The van der Waals surface area contributed by atoms with E-state index in [0.717, 1.165) is 28.0 Å². The van der Waals surface area contributed by atoms with Crippen molar-refractivity contribution in [1.29, 1.82) is 0 Å². The van der Waals surface area contributed by atoms with Gasteiger partial charge in [0, 0.05) is 23.1 Å². The quantitative estimate of drug-likeness (QED) is 0.800. The Morgan fingerprint density at radius 1 is 1.08 bits per heavy atom. The Bertz CT molecular complexity index is 921. The molecule has 126 valence electrons. The molecule has 0 aromatic heterocycles. The largest absolute Gasteiger partial charge is 0.493 e. The number of carbonyl (C=O) groups excluding carboxylic acids is 1. The molecule has 25 heavy (non-hydrogen) atoms. The second-order valence-electron chi connectivity index (χ2n) is 6.09. The number of carbonyl (C=O) groups is 1. The third kappa shape index (κ3) is 2.70. The van der Waals surface area contributed by atoms with E-state index in [0.29, 0.717) is 30.1 Å². The standard InChI is InChI=1S/C21H18O4/c1-23-19-10-15-9-16(21(22)17(15)11-20(19)24-2)8-13-7-14-5-3-4-6-18(14)25-12-13/h3-8,10-11H,9,12H2,1-2H3. The second kappa shape index (κ2) is 6.13. The van der Waals surface area contributed by atoms with E-state index in [1.165, 1.54) is 0 Å². The molecule has 4 heteroatoms. The first-order chi connectivity index (χ1) is 12.2. The molecule has 1 aliphatic heterocycles. The Balaban J connectivity index is 1.68. The normalized spacial score (nSPS) is 16.8. The molecule has 0 N–H and O–H groups in total. The van der Waals surface area contributed by atoms with Crippen LogP contribution < -0.4 is 14.2 Å². The molecule has 0 fully saturated rings. The molecule has 1 heterocycles. The first-order valence-electron chi connectivity index (χ1n) is 8.12. The third-order valence-corrected chi connectivity index (χ3v) is 4.54. The summed E-state index contributed by atoms with van der Waals surface area (Å²) in [4.78, 5) is 12.8. The Labute approximate surface area is 146 Å². The molecule has 0 unspecified atom stereocenters. The highest BCUT2D eigenvalue weighted by molar-refractivity contribution is 6.13. The number of Topliss-reactive ketones (excluding diaryl/α,β-unsaturated/α-hetero) is 1. The van der Waals surface area contributed by atoms with Gasteiger partial charge in [-0.15, -0.1) is 0 Å². The highest BCUT2D eigenvalue weighted by atomic mass is 16.5. The van der Waals surface area contributed by atoms with Crippen LogP contribution in [0.3, 0.4) is 0 Å². The predicted molar refractivity (Wildman–Crippen MR) is 95.6 cm³/mol. The first-order valence-corrected chi connectivity index (χ1v) is 8.12. The molecule has 0 atom stereocenters. The monoisotopic (exact) mass is 334 g/mol. The minimum Gasteiger partial charge on any atom is -0.493 e. The average Bonchev–Trinajstić information content (AvgIpc) is 2.95. The molecule has 2 aliphatic rings. The lowest BCUT2D eigenvalue weighted by atomic mass is 10.0. The van der Waals surface area contributed by atoms with Crippen molar-refractivity contribution in [3.8, 4) is 17.2 Å². The van der Waals surface area contributed by atoms with Crippen LogP contribution in [0, 0.1) is 0 Å². The van der Waals surface area contributed by atoms with Crippen LogP contribution in [0.15, 0.2) is 53.6 Å². The summed E-state index contributed by atoms with van der Waals surface area (Å²) in [6.07, 6.45) is 4.61. The topological polar surface area (TPSA) is 44.8 Å². The van der Waals surface area contributed by atoms with Gasteiger partial charge in [0.1, 0.15) is 12.4 Å². The number of ether oxygens (including phenoxy) is 3. The van der Waals surface area contributed by atoms with Crippen molar-refractivity contribution in [1.82, 2.24) is 0 Å². The van der Waals surface area contributed by atoms with Crippen molar-refractivity contribution in [3.05, 3.63) is 70.3 Å². The van der Waals surface area contributed by atoms with E-state index in [4.69, 9.17) is 14.2 Å². The van der Waals surface area contributed by atoms with Gasteiger partial charge in [-0.3, -0.25) is 4.79 Å². The van der Waals surface area contributed by atoms with E-state index in [9.17, 15) is 4.79 Å². The molecule has 4 nitrogen and oxygen atoms in total. The summed E-state index contributed by atoms with van der Waals surface area (Å²) < 4.78 is 16.4. The van der Waals surface area contributed by atoms with Gasteiger partial charge in [0.2, 0.25) is 0 Å². The molecule has 0 bridgehead atoms. The van der Waals surface area contributed by atoms with Crippen molar-refractivity contribution in [2.75, 3.05) is 20.8 Å². The maximum atomic E-state index is 12.8. The Morgan fingerprint density at radius 2 is 1.84 bits per heavy atom. The molecule has 4 rings (SSSR count). The van der Waals surface area contributed by atoms with Gasteiger partial charge in [-0.25, -0.2) is 0 Å². The Hall–Kier alpha value is -3.01. The summed E-state index contributed by atoms with van der Waals surface area (Å²) in [6, 6.07) is 11.5. The molecule has 0 spiro atoms. The van der Waals surface area contributed by atoms with E-state index < -0.39 is 0 Å². The molecular formula is C21H18O4. The van der Waals surface area contributed by atoms with Gasteiger partial charge in [-0.05, 0) is 41.5 Å². The van der Waals surface area contributed by atoms with Gasteiger partial charge in [-0.1, -0.05) is 18.2 Å². The molecule has 2 aromatic rings. The van der Waals surface area contributed by atoms with E-state index in [1.54, 1.807) is 20.3 Å². The van der Waals surface area contributed by atoms with Crippen molar-refractivity contribution < 1.29 is 19.0 Å². The highest BCUT2D eigenvalue weighted by Gasteiger charge is 2.27. The molecule has 1 aliphatic carbocycles. The summed E-state index contributed by atoms with van der Waals surface area (Å²) in [5, 5.41) is 0. The average molecular weight is 334 g/mol. The molecule has 0 radical (unpaired) electrons. The van der Waals surface area contributed by atoms with Crippen LogP contribution in [0.25, 0.3) is 6.08 Å². The molecule has 0 amide bonds. The second-order valence-corrected chi connectivity index (χ2v) is 6.09. The van der Waals surface area contributed by atoms with Gasteiger partial charge >= 0.3 is 0 Å². The van der Waals surface area contributed by atoms with Crippen molar-refractivity contribution in [2.45, 2.75) is 6.42 Å². The summed E-state index contributed by atoms with van der Waals surface area (Å²) in [7, 11) is 3.17. The number of fused-ring (bicyclic) bond motifs is 2. The number of ketones is 1. The fourth-order valence-corrected chi connectivity index (χ4v) is 3.29. The molecule has 0 saturated carbocycles. The summed E-state index contributed by atoms with van der Waals surface area (Å²) in [5.74, 6) is 2.13. The number of rotatable bonds is 3. The lowest BCUT2D eigenvalue weighted by Gasteiger charge is -2.16. The summed E-state index contributed by atoms with van der Waals surface area (Å²) in [5.41, 5.74) is 4.44. The van der Waals surface area contributed by atoms with Crippen LogP contribution in [-0.4, -0.2) is 26.6 Å². The van der Waals surface area contributed by atoms with E-state index in [-0.39, 0.29) is 5.78 Å². The van der Waals surface area contributed by atoms with Crippen LogP contribution in [0.2, 0.25) is 0 Å². The highest BCUT2D eigenvalue weighted by Crippen LogP contribution is 2.37. The summed E-state index contributed by atoms with van der Waals surface area (Å²) in [6.45, 7) is 0.469. The van der Waals surface area contributed by atoms with E-state index in [1.807, 2.05) is 36.4 Å². The maximum Gasteiger partial charge on any atom is 0.189 e. The van der Waals surface area contributed by atoms with Gasteiger partial charge in [0.15, 0.2) is 17.3 Å². The predicted octanol–water partition coefficient (Wildman–Crippen LogP) is 3.85. The van der Waals surface area contributed by atoms with Crippen LogP contribution >= 0.6 is 0 Å². The van der Waals surface area contributed by atoms with E-state index >= 15 is 0 Å². The van der Waals surface area contributed by atoms with Crippen molar-refractivity contribution >= 4 is 11.9 Å². The Morgan fingerprint density at radius 3 is 2.64 bits per heavy atom. The van der Waals surface area contributed by atoms with Gasteiger partial charge in [0.05, 0.1) is 14.2 Å². The Kier molecular flexibility index (Phi) is 3.80. The number of para-hydroxylation sites is 1.